The lowest BCUT2D eigenvalue weighted by molar-refractivity contribution is 0.0467. The normalized spacial score (nSPS) is 10.3. The maximum absolute atomic E-state index is 13.9. The topological polar surface area (TPSA) is 52.3 Å². The van der Waals surface area contributed by atoms with E-state index in [9.17, 15) is 9.18 Å². The Labute approximate surface area is 117 Å². The summed E-state index contributed by atoms with van der Waals surface area (Å²) in [5, 5.41) is 0. The van der Waals surface area contributed by atoms with Crippen molar-refractivity contribution in [2.75, 3.05) is 5.73 Å². The van der Waals surface area contributed by atoms with Gasteiger partial charge in [0, 0.05) is 5.69 Å². The lowest BCUT2D eigenvalue weighted by Crippen LogP contribution is -2.09. The molecule has 2 N–H and O–H groups in total. The maximum atomic E-state index is 13.9. The molecule has 4 heteroatoms. The molecule has 0 spiro atoms. The third-order valence-electron chi connectivity index (χ3n) is 2.95. The Hall–Kier alpha value is -2.36. The van der Waals surface area contributed by atoms with Crippen molar-refractivity contribution in [1.82, 2.24) is 0 Å². The van der Waals surface area contributed by atoms with Crippen molar-refractivity contribution in [2.45, 2.75) is 20.5 Å². The van der Waals surface area contributed by atoms with Crippen LogP contribution in [0.3, 0.4) is 0 Å². The summed E-state index contributed by atoms with van der Waals surface area (Å²) in [6.07, 6.45) is 0. The molecule has 0 saturated heterocycles. The van der Waals surface area contributed by atoms with Gasteiger partial charge in [0.25, 0.3) is 0 Å². The number of aryl methyl sites for hydroxylation is 2. The second-order valence-electron chi connectivity index (χ2n) is 4.76. The van der Waals surface area contributed by atoms with Crippen LogP contribution in [0.25, 0.3) is 0 Å². The third kappa shape index (κ3) is 3.15. The van der Waals surface area contributed by atoms with Crippen molar-refractivity contribution in [3.63, 3.8) is 0 Å². The van der Waals surface area contributed by atoms with E-state index in [1.807, 2.05) is 31.2 Å². The van der Waals surface area contributed by atoms with Gasteiger partial charge in [-0.1, -0.05) is 29.8 Å². The molecule has 2 aromatic rings. The molecule has 0 aliphatic carbocycles. The molecule has 0 bridgehead atoms. The zero-order chi connectivity index (χ0) is 14.7. The van der Waals surface area contributed by atoms with Gasteiger partial charge in [-0.2, -0.15) is 0 Å². The summed E-state index contributed by atoms with van der Waals surface area (Å²) in [5.74, 6) is -1.30. The van der Waals surface area contributed by atoms with Crippen LogP contribution in [0, 0.1) is 19.7 Å². The van der Waals surface area contributed by atoms with Gasteiger partial charge in [-0.15, -0.1) is 0 Å². The van der Waals surface area contributed by atoms with Crippen LogP contribution in [-0.2, 0) is 11.3 Å². The molecule has 0 heterocycles. The largest absolute Gasteiger partial charge is 0.457 e. The van der Waals surface area contributed by atoms with Gasteiger partial charge < -0.3 is 10.5 Å². The van der Waals surface area contributed by atoms with Gasteiger partial charge in [-0.05, 0) is 37.1 Å². The molecule has 3 nitrogen and oxygen atoms in total. The second-order valence-corrected chi connectivity index (χ2v) is 4.76. The first-order valence-electron chi connectivity index (χ1n) is 6.25. The molecule has 0 aliphatic heterocycles. The van der Waals surface area contributed by atoms with Crippen molar-refractivity contribution < 1.29 is 13.9 Å². The highest BCUT2D eigenvalue weighted by atomic mass is 19.1. The summed E-state index contributed by atoms with van der Waals surface area (Å²) in [4.78, 5) is 11.9. The minimum absolute atomic E-state index is 0.105. The fraction of sp³-hybridized carbons (Fsp3) is 0.188. The van der Waals surface area contributed by atoms with Crippen LogP contribution in [0.2, 0.25) is 0 Å². The highest BCUT2D eigenvalue weighted by Gasteiger charge is 2.16. The summed E-state index contributed by atoms with van der Waals surface area (Å²) in [7, 11) is 0. The van der Waals surface area contributed by atoms with Gasteiger partial charge >= 0.3 is 5.97 Å². The zero-order valence-electron chi connectivity index (χ0n) is 11.4. The predicted octanol–water partition coefficient (Wildman–Crippen LogP) is 3.38. The molecule has 0 fully saturated rings. The fourth-order valence-corrected chi connectivity index (χ4v) is 1.97. The summed E-state index contributed by atoms with van der Waals surface area (Å²) >= 11 is 0. The lowest BCUT2D eigenvalue weighted by atomic mass is 10.1. The molecular formula is C16H16FNO2. The number of nitrogen functional groups attached to an aromatic ring is 1. The Kier molecular flexibility index (Phi) is 4.03. The van der Waals surface area contributed by atoms with E-state index >= 15 is 0 Å². The lowest BCUT2D eigenvalue weighted by Gasteiger charge is -2.08. The first-order chi connectivity index (χ1) is 9.47. The molecule has 2 rings (SSSR count). The van der Waals surface area contributed by atoms with E-state index in [4.69, 9.17) is 10.5 Å². The molecule has 0 unspecified atom stereocenters. The summed E-state index contributed by atoms with van der Waals surface area (Å²) in [5.41, 5.74) is 8.09. The molecule has 0 saturated carbocycles. The smallest absolute Gasteiger partial charge is 0.341 e. The van der Waals surface area contributed by atoms with Crippen molar-refractivity contribution in [2.24, 2.45) is 0 Å². The van der Waals surface area contributed by atoms with E-state index in [0.717, 1.165) is 11.1 Å². The van der Waals surface area contributed by atoms with Crippen LogP contribution >= 0.6 is 0 Å². The standard InChI is InChI=1S/C16H16FNO2/c1-10-4-3-5-12(6-10)9-20-16(19)14-8-13(18)7-11(2)15(14)17/h3-8H,9,18H2,1-2H3. The SMILES string of the molecule is Cc1cccc(COC(=O)c2cc(N)cc(C)c2F)c1. The van der Waals surface area contributed by atoms with Crippen LogP contribution < -0.4 is 5.73 Å². The number of anilines is 1. The van der Waals surface area contributed by atoms with Gasteiger partial charge in [0.1, 0.15) is 12.4 Å². The quantitative estimate of drug-likeness (QED) is 0.689. The number of hydrogen-bond acceptors (Lipinski definition) is 3. The Morgan fingerprint density at radius 1 is 1.25 bits per heavy atom. The van der Waals surface area contributed by atoms with Gasteiger partial charge in [0.05, 0.1) is 5.56 Å². The number of carbonyl (C=O) groups excluding carboxylic acids is 1. The molecule has 0 aliphatic rings. The van der Waals surface area contributed by atoms with Crippen LogP contribution in [0.15, 0.2) is 36.4 Å². The van der Waals surface area contributed by atoms with E-state index in [2.05, 4.69) is 0 Å². The fourth-order valence-electron chi connectivity index (χ4n) is 1.97. The Morgan fingerprint density at radius 3 is 2.70 bits per heavy atom. The van der Waals surface area contributed by atoms with Gasteiger partial charge in [-0.3, -0.25) is 0 Å². The van der Waals surface area contributed by atoms with Gasteiger partial charge in [-0.25, -0.2) is 9.18 Å². The molecule has 0 atom stereocenters. The average molecular weight is 273 g/mol. The van der Waals surface area contributed by atoms with Crippen molar-refractivity contribution >= 4 is 11.7 Å². The number of nitrogens with two attached hydrogens (primary N) is 1. The van der Waals surface area contributed by atoms with E-state index < -0.39 is 11.8 Å². The summed E-state index contributed by atoms with van der Waals surface area (Å²) in [6.45, 7) is 3.61. The van der Waals surface area contributed by atoms with Gasteiger partial charge in [0.2, 0.25) is 0 Å². The molecule has 0 radical (unpaired) electrons. The number of hydrogen-bond donors (Lipinski definition) is 1. The van der Waals surface area contributed by atoms with Gasteiger partial charge in [0.15, 0.2) is 0 Å². The Bertz CT molecular complexity index is 653. The van der Waals surface area contributed by atoms with E-state index in [-0.39, 0.29) is 12.2 Å². The maximum Gasteiger partial charge on any atom is 0.341 e. The monoisotopic (exact) mass is 273 g/mol. The van der Waals surface area contributed by atoms with E-state index in [0.29, 0.717) is 11.3 Å². The van der Waals surface area contributed by atoms with Crippen LogP contribution in [-0.4, -0.2) is 5.97 Å². The molecule has 2 aromatic carbocycles. The molecule has 0 aromatic heterocycles. The Balaban J connectivity index is 2.13. The zero-order valence-corrected chi connectivity index (χ0v) is 11.4. The third-order valence-corrected chi connectivity index (χ3v) is 2.95. The molecule has 104 valence electrons. The number of halogens is 1. The first kappa shape index (κ1) is 14.1. The number of ether oxygens (including phenoxy) is 1. The first-order valence-corrected chi connectivity index (χ1v) is 6.25. The number of rotatable bonds is 3. The number of benzene rings is 2. The van der Waals surface area contributed by atoms with Crippen molar-refractivity contribution in [1.29, 1.82) is 0 Å². The minimum Gasteiger partial charge on any atom is -0.457 e. The van der Waals surface area contributed by atoms with E-state index in [1.165, 1.54) is 12.1 Å². The number of carbonyl (C=O) groups is 1. The van der Waals surface area contributed by atoms with E-state index in [1.54, 1.807) is 6.92 Å². The summed E-state index contributed by atoms with van der Waals surface area (Å²) in [6, 6.07) is 10.4. The second kappa shape index (κ2) is 5.74. The van der Waals surface area contributed by atoms with Crippen LogP contribution in [0.5, 0.6) is 0 Å². The Morgan fingerprint density at radius 2 is 2.00 bits per heavy atom. The molecule has 0 amide bonds. The van der Waals surface area contributed by atoms with Crippen molar-refractivity contribution in [3.8, 4) is 0 Å². The highest BCUT2D eigenvalue weighted by molar-refractivity contribution is 5.91. The minimum atomic E-state index is -0.709. The number of esters is 1. The summed E-state index contributed by atoms with van der Waals surface area (Å²) < 4.78 is 19.0. The van der Waals surface area contributed by atoms with Crippen LogP contribution in [0.4, 0.5) is 10.1 Å². The van der Waals surface area contributed by atoms with Crippen molar-refractivity contribution in [3.05, 3.63) is 64.5 Å². The molecule has 20 heavy (non-hydrogen) atoms. The molecular weight excluding hydrogens is 257 g/mol. The predicted molar refractivity (Wildman–Crippen MR) is 75.8 cm³/mol. The average Bonchev–Trinajstić information content (AvgIpc) is 2.40. The van der Waals surface area contributed by atoms with Crippen LogP contribution in [0.1, 0.15) is 27.0 Å². The highest BCUT2D eigenvalue weighted by Crippen LogP contribution is 2.18.